The first-order valence-electron chi connectivity index (χ1n) is 9.98. The number of imidazole rings is 1. The van der Waals surface area contributed by atoms with E-state index in [9.17, 15) is 5.26 Å². The van der Waals surface area contributed by atoms with Crippen LogP contribution in [0.4, 0.5) is 5.82 Å². The van der Waals surface area contributed by atoms with Gasteiger partial charge in [-0.1, -0.05) is 57.9 Å². The van der Waals surface area contributed by atoms with Crippen LogP contribution in [0.3, 0.4) is 0 Å². The van der Waals surface area contributed by atoms with Crippen LogP contribution >= 0.6 is 0 Å². The van der Waals surface area contributed by atoms with E-state index < -0.39 is 0 Å². The number of nitrogens with zero attached hydrogens (tertiary/aromatic N) is 3. The molecule has 5 heteroatoms. The van der Waals surface area contributed by atoms with Crippen LogP contribution in [0, 0.1) is 23.2 Å². The highest BCUT2D eigenvalue weighted by molar-refractivity contribution is 5.78. The molecule has 0 radical (unpaired) electrons. The van der Waals surface area contributed by atoms with Gasteiger partial charge in [0.05, 0.1) is 0 Å². The number of fused-ring (bicyclic) bond motifs is 1. The molecule has 27 heavy (non-hydrogen) atoms. The number of nitrogens with one attached hydrogen (secondary N) is 2. The topological polar surface area (TPSA) is 68.9 Å². The minimum atomic E-state index is 0.413. The largest absolute Gasteiger partial charge is 0.365 e. The molecule has 2 aromatic heterocycles. The van der Waals surface area contributed by atoms with E-state index in [1.54, 1.807) is 6.20 Å². The first-order valence-corrected chi connectivity index (χ1v) is 9.98. The zero-order chi connectivity index (χ0) is 19.0. The highest BCUT2D eigenvalue weighted by atomic mass is 15.3. The number of aryl methyl sites for hydroxylation is 1. The maximum Gasteiger partial charge on any atom is 0.173 e. The van der Waals surface area contributed by atoms with Gasteiger partial charge in [0.1, 0.15) is 17.3 Å². The molecule has 0 amide bonds. The molecule has 0 spiro atoms. The van der Waals surface area contributed by atoms with Gasteiger partial charge in [0.2, 0.25) is 0 Å². The van der Waals surface area contributed by atoms with E-state index in [2.05, 4.69) is 61.5 Å². The number of H-pyrrole nitrogens is 1. The predicted octanol–water partition coefficient (Wildman–Crippen LogP) is 5.00. The predicted molar refractivity (Wildman–Crippen MR) is 109 cm³/mol. The molecule has 1 fully saturated rings. The lowest BCUT2D eigenvalue weighted by atomic mass is 9.78. The molecule has 1 aliphatic rings. The van der Waals surface area contributed by atoms with E-state index >= 15 is 0 Å². The Morgan fingerprint density at radius 1 is 1.26 bits per heavy atom. The third kappa shape index (κ3) is 3.10. The number of anilines is 1. The molecular weight excluding hydrogens is 334 g/mol. The smallest absolute Gasteiger partial charge is 0.173 e. The molecule has 0 unspecified atom stereocenters. The zero-order valence-electron chi connectivity index (χ0n) is 16.3. The van der Waals surface area contributed by atoms with Gasteiger partial charge in [-0.15, -0.1) is 0 Å². The molecule has 1 aliphatic carbocycles. The SMILES string of the molecule is CCc1ccc(-c2nc3c(C#N)c[nH]n3c2N[C@@H]2CCC[C@@H](C)[C@H]2C)cc1. The second-order valence-electron chi connectivity index (χ2n) is 7.84. The van der Waals surface area contributed by atoms with Crippen molar-refractivity contribution in [3.05, 3.63) is 41.6 Å². The van der Waals surface area contributed by atoms with Crippen LogP contribution in [-0.2, 0) is 6.42 Å². The highest BCUT2D eigenvalue weighted by Gasteiger charge is 2.29. The molecule has 3 atom stereocenters. The lowest BCUT2D eigenvalue weighted by Gasteiger charge is -2.35. The summed E-state index contributed by atoms with van der Waals surface area (Å²) < 4.78 is 1.92. The molecule has 3 aromatic rings. The maximum atomic E-state index is 9.42. The number of rotatable bonds is 4. The summed E-state index contributed by atoms with van der Waals surface area (Å²) >= 11 is 0. The van der Waals surface area contributed by atoms with Crippen LogP contribution in [0.1, 0.15) is 51.2 Å². The Bertz CT molecular complexity index is 973. The van der Waals surface area contributed by atoms with Gasteiger partial charge in [-0.2, -0.15) is 5.26 Å². The minimum Gasteiger partial charge on any atom is -0.365 e. The standard InChI is InChI=1S/C22H27N5/c1-4-16-8-10-17(11-9-16)20-22(25-19-7-5-6-14(2)15(19)3)27-21(26-20)18(12-23)13-24-27/h8-11,13-15,19,24-25H,4-7H2,1-3H3/t14-,15-,19-/m1/s1. The van der Waals surface area contributed by atoms with Crippen LogP contribution in [0.15, 0.2) is 30.5 Å². The van der Waals surface area contributed by atoms with Crippen LogP contribution in [0.2, 0.25) is 0 Å². The number of hydrogen-bond acceptors (Lipinski definition) is 3. The average Bonchev–Trinajstić information content (AvgIpc) is 3.25. The van der Waals surface area contributed by atoms with Crippen molar-refractivity contribution >= 4 is 11.5 Å². The molecule has 2 heterocycles. The van der Waals surface area contributed by atoms with Crippen molar-refractivity contribution in [3.63, 3.8) is 0 Å². The van der Waals surface area contributed by atoms with Gasteiger partial charge in [-0.05, 0) is 30.2 Å². The van der Waals surface area contributed by atoms with Gasteiger partial charge >= 0.3 is 0 Å². The summed E-state index contributed by atoms with van der Waals surface area (Å²) in [7, 11) is 0. The van der Waals surface area contributed by atoms with Crippen molar-refractivity contribution in [1.29, 1.82) is 5.26 Å². The summed E-state index contributed by atoms with van der Waals surface area (Å²) in [6.07, 6.45) is 6.46. The molecule has 140 valence electrons. The van der Waals surface area contributed by atoms with Crippen molar-refractivity contribution < 1.29 is 0 Å². The molecule has 1 aromatic carbocycles. The van der Waals surface area contributed by atoms with Gasteiger partial charge in [0, 0.05) is 17.8 Å². The molecule has 4 rings (SSSR count). The average molecular weight is 361 g/mol. The second kappa shape index (κ2) is 7.11. The van der Waals surface area contributed by atoms with Crippen molar-refractivity contribution in [2.75, 3.05) is 5.32 Å². The highest BCUT2D eigenvalue weighted by Crippen LogP contribution is 2.35. The summed E-state index contributed by atoms with van der Waals surface area (Å²) in [5.41, 5.74) is 4.55. The molecular formula is C22H27N5. The third-order valence-electron chi connectivity index (χ3n) is 6.24. The van der Waals surface area contributed by atoms with Gasteiger partial charge in [-0.25, -0.2) is 9.50 Å². The van der Waals surface area contributed by atoms with Gasteiger partial charge < -0.3 is 5.32 Å². The van der Waals surface area contributed by atoms with Crippen LogP contribution in [0.5, 0.6) is 0 Å². The fourth-order valence-corrected chi connectivity index (χ4v) is 4.20. The Balaban J connectivity index is 1.79. The summed E-state index contributed by atoms with van der Waals surface area (Å²) in [6.45, 7) is 6.84. The van der Waals surface area contributed by atoms with Crippen molar-refractivity contribution in [2.45, 2.75) is 52.5 Å². The van der Waals surface area contributed by atoms with Gasteiger partial charge in [-0.3, -0.25) is 5.10 Å². The van der Waals surface area contributed by atoms with Crippen molar-refractivity contribution in [2.24, 2.45) is 11.8 Å². The number of nitriles is 1. The van der Waals surface area contributed by atoms with E-state index in [0.717, 1.165) is 23.5 Å². The normalized spacial score (nSPS) is 22.7. The van der Waals surface area contributed by atoms with Crippen LogP contribution in [-0.4, -0.2) is 20.6 Å². The molecule has 5 nitrogen and oxygen atoms in total. The zero-order valence-corrected chi connectivity index (χ0v) is 16.3. The van der Waals surface area contributed by atoms with Gasteiger partial charge in [0.25, 0.3) is 0 Å². The summed E-state index contributed by atoms with van der Waals surface area (Å²) in [5.74, 6) is 2.27. The fourth-order valence-electron chi connectivity index (χ4n) is 4.20. The van der Waals surface area contributed by atoms with E-state index in [4.69, 9.17) is 4.98 Å². The van der Waals surface area contributed by atoms with Crippen molar-refractivity contribution in [3.8, 4) is 17.3 Å². The van der Waals surface area contributed by atoms with Crippen LogP contribution in [0.25, 0.3) is 16.9 Å². The first-order chi connectivity index (χ1) is 13.1. The summed E-state index contributed by atoms with van der Waals surface area (Å²) in [5, 5.41) is 16.4. The van der Waals surface area contributed by atoms with E-state index in [-0.39, 0.29) is 0 Å². The molecule has 2 N–H and O–H groups in total. The molecule has 0 aliphatic heterocycles. The Kier molecular flexibility index (Phi) is 4.65. The maximum absolute atomic E-state index is 9.42. The summed E-state index contributed by atoms with van der Waals surface area (Å²) in [6, 6.07) is 11.2. The van der Waals surface area contributed by atoms with Gasteiger partial charge in [0.15, 0.2) is 11.5 Å². The molecule has 0 saturated heterocycles. The third-order valence-corrected chi connectivity index (χ3v) is 6.24. The summed E-state index contributed by atoms with van der Waals surface area (Å²) in [4.78, 5) is 4.83. The van der Waals surface area contributed by atoms with Crippen molar-refractivity contribution in [1.82, 2.24) is 14.6 Å². The molecule has 0 bridgehead atoms. The Morgan fingerprint density at radius 2 is 2.04 bits per heavy atom. The lowest BCUT2D eigenvalue weighted by molar-refractivity contribution is 0.252. The minimum absolute atomic E-state index is 0.413. The lowest BCUT2D eigenvalue weighted by Crippen LogP contribution is -2.35. The Labute approximate surface area is 160 Å². The number of benzene rings is 1. The number of aromatic nitrogens is 3. The monoisotopic (exact) mass is 361 g/mol. The number of hydrogen-bond donors (Lipinski definition) is 2. The quantitative estimate of drug-likeness (QED) is 0.687. The Hall–Kier alpha value is -2.74. The van der Waals surface area contributed by atoms with E-state index in [0.29, 0.717) is 29.1 Å². The molecule has 1 saturated carbocycles. The van der Waals surface area contributed by atoms with E-state index in [1.807, 2.05) is 4.52 Å². The number of aromatic amines is 1. The fraction of sp³-hybridized carbons (Fsp3) is 0.455. The second-order valence-corrected chi connectivity index (χ2v) is 7.84. The van der Waals surface area contributed by atoms with E-state index in [1.165, 1.54) is 24.8 Å². The first kappa shape index (κ1) is 17.7. The van der Waals surface area contributed by atoms with Crippen LogP contribution < -0.4 is 5.32 Å². The Morgan fingerprint density at radius 3 is 2.74 bits per heavy atom.